The Morgan fingerprint density at radius 3 is 2.94 bits per heavy atom. The van der Waals surface area contributed by atoms with E-state index in [0.717, 1.165) is 31.2 Å². The maximum absolute atomic E-state index is 11.7. The Kier molecular flexibility index (Phi) is 4.36. The highest BCUT2D eigenvalue weighted by Crippen LogP contribution is 2.23. The highest BCUT2D eigenvalue weighted by molar-refractivity contribution is 7.13. The first-order valence-electron chi connectivity index (χ1n) is 6.30. The molecule has 94 valence electrons. The van der Waals surface area contributed by atoms with Crippen molar-refractivity contribution in [3.05, 3.63) is 11.1 Å². The van der Waals surface area contributed by atoms with E-state index in [1.807, 2.05) is 12.3 Å². The topological polar surface area (TPSA) is 45.2 Å². The average Bonchev–Trinajstić information content (AvgIpc) is 2.86. The monoisotopic (exact) mass is 253 g/mol. The summed E-state index contributed by atoms with van der Waals surface area (Å²) < 4.78 is 0. The molecule has 17 heavy (non-hydrogen) atoms. The molecule has 2 rings (SSSR count). The van der Waals surface area contributed by atoms with Crippen molar-refractivity contribution in [1.82, 2.24) is 10.3 Å². The number of rotatable bonds is 4. The van der Waals surface area contributed by atoms with Gasteiger partial charge >= 0.3 is 0 Å². The molecular formula is C12H19N3OS. The van der Waals surface area contributed by atoms with Crippen molar-refractivity contribution >= 4 is 22.4 Å². The Hall–Kier alpha value is -1.10. The molecule has 1 saturated heterocycles. The number of carbonyl (C=O) groups is 1. The van der Waals surface area contributed by atoms with Gasteiger partial charge in [0, 0.05) is 25.0 Å². The zero-order valence-corrected chi connectivity index (χ0v) is 11.1. The van der Waals surface area contributed by atoms with Crippen LogP contribution in [0, 0.1) is 0 Å². The number of amides is 1. The van der Waals surface area contributed by atoms with Crippen LogP contribution in [0.2, 0.25) is 0 Å². The summed E-state index contributed by atoms with van der Waals surface area (Å²) in [5, 5.41) is 5.70. The lowest BCUT2D eigenvalue weighted by Gasteiger charge is -2.25. The van der Waals surface area contributed by atoms with E-state index in [4.69, 9.17) is 0 Å². The molecule has 0 radical (unpaired) electrons. The smallest absolute Gasteiger partial charge is 0.270 e. The quantitative estimate of drug-likeness (QED) is 0.895. The fraction of sp³-hybridized carbons (Fsp3) is 0.667. The minimum absolute atomic E-state index is 0.0497. The second-order valence-electron chi connectivity index (χ2n) is 4.32. The van der Waals surface area contributed by atoms with Crippen LogP contribution in [-0.2, 0) is 0 Å². The molecule has 1 aliphatic rings. The summed E-state index contributed by atoms with van der Waals surface area (Å²) in [6, 6.07) is 0. The van der Waals surface area contributed by atoms with Crippen molar-refractivity contribution < 1.29 is 4.79 Å². The number of thiazole rings is 1. The molecule has 0 aromatic carbocycles. The van der Waals surface area contributed by atoms with Crippen molar-refractivity contribution in [2.45, 2.75) is 32.6 Å². The van der Waals surface area contributed by atoms with Gasteiger partial charge in [-0.3, -0.25) is 4.79 Å². The highest BCUT2D eigenvalue weighted by Gasteiger charge is 2.16. The third-order valence-corrected chi connectivity index (χ3v) is 3.79. The molecule has 1 amide bonds. The first-order chi connectivity index (χ1) is 8.31. The van der Waals surface area contributed by atoms with Crippen LogP contribution in [0.5, 0.6) is 0 Å². The Bertz CT molecular complexity index is 372. The lowest BCUT2D eigenvalue weighted by Crippen LogP contribution is -2.29. The fourth-order valence-electron chi connectivity index (χ4n) is 1.93. The molecule has 2 heterocycles. The average molecular weight is 253 g/mol. The summed E-state index contributed by atoms with van der Waals surface area (Å²) in [5.74, 6) is -0.0497. The van der Waals surface area contributed by atoms with Crippen LogP contribution in [0.15, 0.2) is 5.38 Å². The van der Waals surface area contributed by atoms with Crippen LogP contribution >= 0.6 is 11.3 Å². The minimum atomic E-state index is -0.0497. The first-order valence-corrected chi connectivity index (χ1v) is 7.18. The summed E-state index contributed by atoms with van der Waals surface area (Å²) in [6.07, 6.45) is 4.73. The van der Waals surface area contributed by atoms with Gasteiger partial charge in [0.25, 0.3) is 5.91 Å². The van der Waals surface area contributed by atoms with E-state index in [1.54, 1.807) is 11.3 Å². The first kappa shape index (κ1) is 12.4. The van der Waals surface area contributed by atoms with Gasteiger partial charge in [-0.1, -0.05) is 6.92 Å². The second kappa shape index (κ2) is 6.00. The number of aromatic nitrogens is 1. The van der Waals surface area contributed by atoms with Crippen molar-refractivity contribution in [2.24, 2.45) is 0 Å². The molecule has 0 spiro atoms. The van der Waals surface area contributed by atoms with Gasteiger partial charge in [-0.25, -0.2) is 4.98 Å². The maximum atomic E-state index is 11.7. The molecule has 0 aliphatic carbocycles. The van der Waals surface area contributed by atoms with Crippen LogP contribution in [0.3, 0.4) is 0 Å². The lowest BCUT2D eigenvalue weighted by atomic mass is 10.1. The van der Waals surface area contributed by atoms with E-state index in [1.165, 1.54) is 19.3 Å². The SMILES string of the molecule is CCCNC(=O)c1csc(N2CCCCC2)n1. The van der Waals surface area contributed by atoms with E-state index in [9.17, 15) is 4.79 Å². The summed E-state index contributed by atoms with van der Waals surface area (Å²) in [6.45, 7) is 4.91. The van der Waals surface area contributed by atoms with Crippen LogP contribution in [-0.4, -0.2) is 30.5 Å². The third kappa shape index (κ3) is 3.19. The summed E-state index contributed by atoms with van der Waals surface area (Å²) in [4.78, 5) is 18.4. The van der Waals surface area contributed by atoms with Crippen molar-refractivity contribution in [1.29, 1.82) is 0 Å². The summed E-state index contributed by atoms with van der Waals surface area (Å²) in [7, 11) is 0. The Balaban J connectivity index is 1.97. The number of piperidine rings is 1. The summed E-state index contributed by atoms with van der Waals surface area (Å²) in [5.41, 5.74) is 0.559. The number of hydrogen-bond acceptors (Lipinski definition) is 4. The zero-order chi connectivity index (χ0) is 12.1. The van der Waals surface area contributed by atoms with Gasteiger partial charge in [0.2, 0.25) is 0 Å². The fourth-order valence-corrected chi connectivity index (χ4v) is 2.79. The van der Waals surface area contributed by atoms with Crippen molar-refractivity contribution in [2.75, 3.05) is 24.5 Å². The Morgan fingerprint density at radius 2 is 2.24 bits per heavy atom. The third-order valence-electron chi connectivity index (χ3n) is 2.89. The lowest BCUT2D eigenvalue weighted by molar-refractivity contribution is 0.0949. The van der Waals surface area contributed by atoms with E-state index in [-0.39, 0.29) is 5.91 Å². The maximum Gasteiger partial charge on any atom is 0.270 e. The van der Waals surface area contributed by atoms with Crippen LogP contribution < -0.4 is 10.2 Å². The number of hydrogen-bond donors (Lipinski definition) is 1. The van der Waals surface area contributed by atoms with Crippen LogP contribution in [0.1, 0.15) is 43.1 Å². The van der Waals surface area contributed by atoms with Gasteiger partial charge < -0.3 is 10.2 Å². The van der Waals surface area contributed by atoms with Gasteiger partial charge in [0.05, 0.1) is 0 Å². The normalized spacial score (nSPS) is 15.9. The van der Waals surface area contributed by atoms with Gasteiger partial charge in [-0.15, -0.1) is 11.3 Å². The zero-order valence-electron chi connectivity index (χ0n) is 10.2. The van der Waals surface area contributed by atoms with Crippen LogP contribution in [0.25, 0.3) is 0 Å². The van der Waals surface area contributed by atoms with E-state index in [0.29, 0.717) is 5.69 Å². The summed E-state index contributed by atoms with van der Waals surface area (Å²) >= 11 is 1.57. The number of carbonyl (C=O) groups excluding carboxylic acids is 1. The molecule has 1 aromatic heterocycles. The number of nitrogens with zero attached hydrogens (tertiary/aromatic N) is 2. The second-order valence-corrected chi connectivity index (χ2v) is 5.16. The highest BCUT2D eigenvalue weighted by atomic mass is 32.1. The van der Waals surface area contributed by atoms with E-state index < -0.39 is 0 Å². The molecule has 0 saturated carbocycles. The van der Waals surface area contributed by atoms with Crippen molar-refractivity contribution in [3.63, 3.8) is 0 Å². The van der Waals surface area contributed by atoms with Gasteiger partial charge in [-0.2, -0.15) is 0 Å². The molecule has 0 unspecified atom stereocenters. The van der Waals surface area contributed by atoms with Gasteiger partial charge in [0.1, 0.15) is 5.69 Å². The molecule has 0 bridgehead atoms. The minimum Gasteiger partial charge on any atom is -0.351 e. The standard InChI is InChI=1S/C12H19N3OS/c1-2-6-13-11(16)10-9-17-12(14-10)15-7-4-3-5-8-15/h9H,2-8H2,1H3,(H,13,16). The molecule has 1 aliphatic heterocycles. The molecule has 1 aromatic rings. The van der Waals surface area contributed by atoms with Gasteiger partial charge in [0.15, 0.2) is 5.13 Å². The number of anilines is 1. The molecule has 1 fully saturated rings. The molecule has 0 atom stereocenters. The predicted octanol–water partition coefficient (Wildman–Crippen LogP) is 2.27. The molecule has 4 nitrogen and oxygen atoms in total. The van der Waals surface area contributed by atoms with Crippen molar-refractivity contribution in [3.8, 4) is 0 Å². The predicted molar refractivity (Wildman–Crippen MR) is 70.8 cm³/mol. The number of nitrogens with one attached hydrogen (secondary N) is 1. The van der Waals surface area contributed by atoms with Crippen LogP contribution in [0.4, 0.5) is 5.13 Å². The van der Waals surface area contributed by atoms with Gasteiger partial charge in [-0.05, 0) is 25.7 Å². The largest absolute Gasteiger partial charge is 0.351 e. The van der Waals surface area contributed by atoms with E-state index >= 15 is 0 Å². The Labute approximate surface area is 106 Å². The molecule has 1 N–H and O–H groups in total. The Morgan fingerprint density at radius 1 is 1.47 bits per heavy atom. The molecular weight excluding hydrogens is 234 g/mol. The van der Waals surface area contributed by atoms with E-state index in [2.05, 4.69) is 15.2 Å². The molecule has 5 heteroatoms.